The zero-order valence-corrected chi connectivity index (χ0v) is 7.07. The van der Waals surface area contributed by atoms with Crippen molar-refractivity contribution in [2.24, 2.45) is 0 Å². The summed E-state index contributed by atoms with van der Waals surface area (Å²) in [4.78, 5) is 0. The number of hydrogen-bond acceptors (Lipinski definition) is 2. The Morgan fingerprint density at radius 3 is 2.38 bits per heavy atom. The summed E-state index contributed by atoms with van der Waals surface area (Å²) in [5.41, 5.74) is 0.760. The first kappa shape index (κ1) is 8.08. The summed E-state index contributed by atoms with van der Waals surface area (Å²) in [7, 11) is 0. The molecule has 0 fully saturated rings. The number of rotatable bonds is 1. The molecule has 2 N–H and O–H groups in total. The van der Waals surface area contributed by atoms with Crippen molar-refractivity contribution in [3.8, 4) is 5.75 Å². The average Bonchev–Trinajstić information content (AvgIpc) is 2.17. The number of aromatic hydroxyl groups is 1. The molecular weight excluding hydrogens is 164 g/mol. The second-order valence-electron chi connectivity index (χ2n) is 2.95. The average molecular weight is 174 g/mol. The summed E-state index contributed by atoms with van der Waals surface area (Å²) in [6, 6.07) is 10.9. The Labute approximate surface area is 76.1 Å². The largest absolute Gasteiger partial charge is 0.507 e. The van der Waals surface area contributed by atoms with E-state index in [2.05, 4.69) is 0 Å². The first-order chi connectivity index (χ1) is 6.33. The molecule has 0 aromatic heterocycles. The third kappa shape index (κ3) is 1.25. The minimum atomic E-state index is -0.0467. The van der Waals surface area contributed by atoms with Crippen LogP contribution in [0.2, 0.25) is 0 Å². The standard InChI is InChI=1S/C11H10O2/c12-7-9-5-1-3-8-4-2-6-10(13)11(8)9/h1-6,12-13H,7H2. The van der Waals surface area contributed by atoms with Crippen LogP contribution in [0.1, 0.15) is 5.56 Å². The lowest BCUT2D eigenvalue weighted by Crippen LogP contribution is -1.85. The maximum Gasteiger partial charge on any atom is 0.123 e. The molecule has 0 aliphatic rings. The Balaban J connectivity index is 2.87. The van der Waals surface area contributed by atoms with E-state index in [4.69, 9.17) is 5.11 Å². The van der Waals surface area contributed by atoms with Crippen molar-refractivity contribution in [3.63, 3.8) is 0 Å². The van der Waals surface area contributed by atoms with Crippen LogP contribution in [0.5, 0.6) is 5.75 Å². The summed E-state index contributed by atoms with van der Waals surface area (Å²) in [6.07, 6.45) is 0. The first-order valence-corrected chi connectivity index (χ1v) is 4.13. The van der Waals surface area contributed by atoms with E-state index < -0.39 is 0 Å². The molecule has 0 aliphatic heterocycles. The zero-order valence-electron chi connectivity index (χ0n) is 7.07. The Morgan fingerprint density at radius 1 is 1.00 bits per heavy atom. The van der Waals surface area contributed by atoms with E-state index in [0.717, 1.165) is 16.3 Å². The van der Waals surface area contributed by atoms with E-state index in [0.29, 0.717) is 0 Å². The highest BCUT2D eigenvalue weighted by Crippen LogP contribution is 2.27. The summed E-state index contributed by atoms with van der Waals surface area (Å²) in [6.45, 7) is -0.0467. The van der Waals surface area contributed by atoms with Gasteiger partial charge in [-0.2, -0.15) is 0 Å². The van der Waals surface area contributed by atoms with Crippen LogP contribution in [0.4, 0.5) is 0 Å². The number of aliphatic hydroxyl groups excluding tert-OH is 1. The van der Waals surface area contributed by atoms with Gasteiger partial charge >= 0.3 is 0 Å². The van der Waals surface area contributed by atoms with Gasteiger partial charge in [0.25, 0.3) is 0 Å². The van der Waals surface area contributed by atoms with Crippen molar-refractivity contribution < 1.29 is 10.2 Å². The van der Waals surface area contributed by atoms with Gasteiger partial charge in [-0.05, 0) is 17.0 Å². The lowest BCUT2D eigenvalue weighted by molar-refractivity contribution is 0.283. The maximum absolute atomic E-state index is 9.57. The maximum atomic E-state index is 9.57. The fourth-order valence-corrected chi connectivity index (χ4v) is 1.53. The molecule has 0 saturated heterocycles. The smallest absolute Gasteiger partial charge is 0.123 e. The van der Waals surface area contributed by atoms with Crippen LogP contribution in [-0.2, 0) is 6.61 Å². The Bertz CT molecular complexity index is 430. The van der Waals surface area contributed by atoms with Crippen LogP contribution in [0.25, 0.3) is 10.8 Å². The molecule has 2 aromatic rings. The van der Waals surface area contributed by atoms with Gasteiger partial charge in [0.05, 0.1) is 6.61 Å². The van der Waals surface area contributed by atoms with Gasteiger partial charge in [-0.3, -0.25) is 0 Å². The van der Waals surface area contributed by atoms with E-state index in [9.17, 15) is 5.11 Å². The lowest BCUT2D eigenvalue weighted by Gasteiger charge is -2.04. The minimum absolute atomic E-state index is 0.0467. The van der Waals surface area contributed by atoms with Crippen molar-refractivity contribution in [2.45, 2.75) is 6.61 Å². The van der Waals surface area contributed by atoms with Crippen LogP contribution in [-0.4, -0.2) is 10.2 Å². The van der Waals surface area contributed by atoms with Crippen molar-refractivity contribution in [2.75, 3.05) is 0 Å². The number of fused-ring (bicyclic) bond motifs is 1. The summed E-state index contributed by atoms with van der Waals surface area (Å²) in [5.74, 6) is 0.224. The first-order valence-electron chi connectivity index (χ1n) is 4.13. The fraction of sp³-hybridized carbons (Fsp3) is 0.0909. The van der Waals surface area contributed by atoms with Gasteiger partial charge < -0.3 is 10.2 Å². The number of benzene rings is 2. The molecule has 2 heteroatoms. The predicted molar refractivity (Wildman–Crippen MR) is 51.5 cm³/mol. The third-order valence-electron chi connectivity index (χ3n) is 2.14. The molecule has 66 valence electrons. The Kier molecular flexibility index (Phi) is 1.91. The van der Waals surface area contributed by atoms with E-state index in [1.807, 2.05) is 24.3 Å². The summed E-state index contributed by atoms with van der Waals surface area (Å²) >= 11 is 0. The molecule has 2 rings (SSSR count). The van der Waals surface area contributed by atoms with Crippen molar-refractivity contribution in [1.29, 1.82) is 0 Å². The molecule has 0 amide bonds. The van der Waals surface area contributed by atoms with Crippen molar-refractivity contribution in [1.82, 2.24) is 0 Å². The second-order valence-corrected chi connectivity index (χ2v) is 2.95. The highest BCUT2D eigenvalue weighted by atomic mass is 16.3. The van der Waals surface area contributed by atoms with Crippen LogP contribution in [0.15, 0.2) is 36.4 Å². The molecule has 0 radical (unpaired) electrons. The molecule has 0 bridgehead atoms. The van der Waals surface area contributed by atoms with Gasteiger partial charge in [-0.15, -0.1) is 0 Å². The molecule has 0 unspecified atom stereocenters. The SMILES string of the molecule is OCc1cccc2cccc(O)c12. The number of hydrogen-bond donors (Lipinski definition) is 2. The number of phenols is 1. The van der Waals surface area contributed by atoms with Crippen LogP contribution < -0.4 is 0 Å². The fourth-order valence-electron chi connectivity index (χ4n) is 1.53. The van der Waals surface area contributed by atoms with Crippen molar-refractivity contribution in [3.05, 3.63) is 42.0 Å². The molecule has 2 nitrogen and oxygen atoms in total. The van der Waals surface area contributed by atoms with Crippen LogP contribution in [0.3, 0.4) is 0 Å². The number of aliphatic hydroxyl groups is 1. The molecule has 0 aliphatic carbocycles. The molecule has 2 aromatic carbocycles. The monoisotopic (exact) mass is 174 g/mol. The van der Waals surface area contributed by atoms with E-state index in [1.54, 1.807) is 12.1 Å². The minimum Gasteiger partial charge on any atom is -0.507 e. The van der Waals surface area contributed by atoms with Crippen LogP contribution in [0, 0.1) is 0 Å². The molecule has 0 spiro atoms. The summed E-state index contributed by atoms with van der Waals surface area (Å²) in [5, 5.41) is 20.3. The topological polar surface area (TPSA) is 40.5 Å². The molecule has 0 heterocycles. The van der Waals surface area contributed by atoms with Gasteiger partial charge in [0, 0.05) is 5.39 Å². The molecule has 0 atom stereocenters. The van der Waals surface area contributed by atoms with Gasteiger partial charge in [0.2, 0.25) is 0 Å². The molecule has 13 heavy (non-hydrogen) atoms. The highest BCUT2D eigenvalue weighted by molar-refractivity contribution is 5.90. The Morgan fingerprint density at radius 2 is 1.69 bits per heavy atom. The summed E-state index contributed by atoms with van der Waals surface area (Å²) < 4.78 is 0. The quantitative estimate of drug-likeness (QED) is 0.694. The van der Waals surface area contributed by atoms with Gasteiger partial charge in [-0.1, -0.05) is 30.3 Å². The zero-order chi connectivity index (χ0) is 9.26. The van der Waals surface area contributed by atoms with Crippen LogP contribution >= 0.6 is 0 Å². The van der Waals surface area contributed by atoms with Crippen molar-refractivity contribution >= 4 is 10.8 Å². The Hall–Kier alpha value is -1.54. The highest BCUT2D eigenvalue weighted by Gasteiger charge is 2.03. The predicted octanol–water partition coefficient (Wildman–Crippen LogP) is 2.04. The normalized spacial score (nSPS) is 10.5. The van der Waals surface area contributed by atoms with Gasteiger partial charge in [0.1, 0.15) is 5.75 Å². The number of phenolic OH excluding ortho intramolecular Hbond substituents is 1. The molecular formula is C11H10O2. The molecule has 0 saturated carbocycles. The van der Waals surface area contributed by atoms with E-state index in [1.165, 1.54) is 0 Å². The third-order valence-corrected chi connectivity index (χ3v) is 2.14. The van der Waals surface area contributed by atoms with E-state index in [-0.39, 0.29) is 12.4 Å². The second kappa shape index (κ2) is 3.07. The van der Waals surface area contributed by atoms with E-state index >= 15 is 0 Å². The van der Waals surface area contributed by atoms with Gasteiger partial charge in [-0.25, -0.2) is 0 Å². The lowest BCUT2D eigenvalue weighted by atomic mass is 10.0. The van der Waals surface area contributed by atoms with Gasteiger partial charge in [0.15, 0.2) is 0 Å².